The minimum Gasteiger partial charge on any atom is -0.357 e. The summed E-state index contributed by atoms with van der Waals surface area (Å²) in [5, 5.41) is 6.15. The first-order valence-corrected chi connectivity index (χ1v) is 6.51. The van der Waals surface area contributed by atoms with Gasteiger partial charge in [0.15, 0.2) is 5.96 Å². The summed E-state index contributed by atoms with van der Waals surface area (Å²) in [7, 11) is 0. The Morgan fingerprint density at radius 1 is 1.56 bits per heavy atom. The number of carbonyl (C=O) groups excluding carboxylic acids is 1. The Morgan fingerprint density at radius 2 is 2.39 bits per heavy atom. The molecule has 5 heteroatoms. The predicted octanol–water partition coefficient (Wildman–Crippen LogP) is 0.187. The molecule has 0 aromatic rings. The zero-order valence-electron chi connectivity index (χ0n) is 11.0. The molecule has 5 nitrogen and oxygen atoms in total. The number of nitrogens with one attached hydrogen (secondary N) is 2. The van der Waals surface area contributed by atoms with Crippen LogP contribution in [0.3, 0.4) is 0 Å². The molecule has 2 N–H and O–H groups in total. The highest BCUT2D eigenvalue weighted by Crippen LogP contribution is 2.09. The number of nitrogens with zero attached hydrogens (tertiary/aromatic N) is 2. The van der Waals surface area contributed by atoms with E-state index in [2.05, 4.69) is 21.5 Å². The fourth-order valence-corrected chi connectivity index (χ4v) is 1.87. The third-order valence-corrected chi connectivity index (χ3v) is 2.73. The quantitative estimate of drug-likeness (QED) is 0.306. The Balaban J connectivity index is 2.23. The van der Waals surface area contributed by atoms with Crippen molar-refractivity contribution in [2.75, 3.05) is 32.7 Å². The zero-order chi connectivity index (χ0) is 13.2. The maximum Gasteiger partial charge on any atom is 0.222 e. The molecular weight excluding hydrogens is 228 g/mol. The van der Waals surface area contributed by atoms with Crippen molar-refractivity contribution in [2.45, 2.75) is 26.2 Å². The highest BCUT2D eigenvalue weighted by atomic mass is 16.2. The summed E-state index contributed by atoms with van der Waals surface area (Å²) in [5.74, 6) is 3.53. The van der Waals surface area contributed by atoms with Gasteiger partial charge in [0.05, 0.1) is 6.54 Å². The fourth-order valence-electron chi connectivity index (χ4n) is 1.87. The third-order valence-electron chi connectivity index (χ3n) is 2.73. The second-order valence-corrected chi connectivity index (χ2v) is 4.16. The molecule has 1 rings (SSSR count). The van der Waals surface area contributed by atoms with Crippen molar-refractivity contribution in [1.29, 1.82) is 0 Å². The van der Waals surface area contributed by atoms with Crippen molar-refractivity contribution in [3.05, 3.63) is 0 Å². The van der Waals surface area contributed by atoms with E-state index in [4.69, 9.17) is 6.42 Å². The first kappa shape index (κ1) is 14.4. The number of amides is 1. The third kappa shape index (κ3) is 5.09. The molecule has 0 atom stereocenters. The number of terminal acetylenes is 1. The summed E-state index contributed by atoms with van der Waals surface area (Å²) in [6, 6.07) is 0. The van der Waals surface area contributed by atoms with Gasteiger partial charge in [0.25, 0.3) is 0 Å². The zero-order valence-corrected chi connectivity index (χ0v) is 11.0. The standard InChI is InChI=1S/C13H22N4O/c1-3-8-15-13(14-4-2)16-9-6-11-17-10-5-7-12(17)18/h1H,4-11H2,2H3,(H2,14,15,16). The van der Waals surface area contributed by atoms with E-state index < -0.39 is 0 Å². The van der Waals surface area contributed by atoms with Gasteiger partial charge in [-0.05, 0) is 19.8 Å². The maximum absolute atomic E-state index is 11.4. The predicted molar refractivity (Wildman–Crippen MR) is 73.2 cm³/mol. The van der Waals surface area contributed by atoms with Gasteiger partial charge < -0.3 is 15.5 Å². The number of hydrogen-bond donors (Lipinski definition) is 2. The van der Waals surface area contributed by atoms with Gasteiger partial charge in [-0.2, -0.15) is 0 Å². The molecule has 0 bridgehead atoms. The second kappa shape index (κ2) is 8.40. The van der Waals surface area contributed by atoms with E-state index in [0.29, 0.717) is 19.5 Å². The summed E-state index contributed by atoms with van der Waals surface area (Å²) in [6.45, 7) is 5.69. The molecule has 18 heavy (non-hydrogen) atoms. The van der Waals surface area contributed by atoms with Crippen molar-refractivity contribution in [3.8, 4) is 12.3 Å². The molecule has 0 aliphatic carbocycles. The van der Waals surface area contributed by atoms with Crippen LogP contribution in [-0.4, -0.2) is 49.5 Å². The first-order chi connectivity index (χ1) is 8.77. The van der Waals surface area contributed by atoms with Gasteiger partial charge in [-0.3, -0.25) is 9.79 Å². The smallest absolute Gasteiger partial charge is 0.222 e. The second-order valence-electron chi connectivity index (χ2n) is 4.16. The van der Waals surface area contributed by atoms with E-state index in [-0.39, 0.29) is 5.91 Å². The Labute approximate surface area is 109 Å². The van der Waals surface area contributed by atoms with E-state index in [9.17, 15) is 4.79 Å². The highest BCUT2D eigenvalue weighted by molar-refractivity contribution is 5.80. The molecule has 1 aliphatic heterocycles. The molecule has 0 saturated carbocycles. The number of carbonyl (C=O) groups is 1. The lowest BCUT2D eigenvalue weighted by Gasteiger charge is -2.14. The van der Waals surface area contributed by atoms with E-state index in [1.165, 1.54) is 0 Å². The van der Waals surface area contributed by atoms with Gasteiger partial charge in [-0.1, -0.05) is 5.92 Å². The van der Waals surface area contributed by atoms with Crippen molar-refractivity contribution in [1.82, 2.24) is 15.5 Å². The number of likely N-dealkylation sites (tertiary alicyclic amines) is 1. The molecule has 0 unspecified atom stereocenters. The van der Waals surface area contributed by atoms with Gasteiger partial charge in [0.1, 0.15) is 0 Å². The molecule has 1 fully saturated rings. The largest absolute Gasteiger partial charge is 0.357 e. The van der Waals surface area contributed by atoms with Crippen molar-refractivity contribution >= 4 is 11.9 Å². The Kier molecular flexibility index (Phi) is 6.70. The molecule has 1 aliphatic rings. The average molecular weight is 250 g/mol. The molecular formula is C13H22N4O. The molecule has 1 saturated heterocycles. The van der Waals surface area contributed by atoms with Crippen LogP contribution in [-0.2, 0) is 4.79 Å². The van der Waals surface area contributed by atoms with Crippen LogP contribution in [0.5, 0.6) is 0 Å². The van der Waals surface area contributed by atoms with Crippen molar-refractivity contribution < 1.29 is 4.79 Å². The highest BCUT2D eigenvalue weighted by Gasteiger charge is 2.18. The van der Waals surface area contributed by atoms with E-state index in [0.717, 1.165) is 38.4 Å². The summed E-state index contributed by atoms with van der Waals surface area (Å²) in [6.07, 6.45) is 7.77. The van der Waals surface area contributed by atoms with Crippen molar-refractivity contribution in [3.63, 3.8) is 0 Å². The lowest BCUT2D eigenvalue weighted by atomic mass is 10.4. The van der Waals surface area contributed by atoms with E-state index in [1.54, 1.807) is 0 Å². The van der Waals surface area contributed by atoms with Gasteiger partial charge in [-0.15, -0.1) is 6.42 Å². The monoisotopic (exact) mass is 250 g/mol. The summed E-state index contributed by atoms with van der Waals surface area (Å²) in [5.41, 5.74) is 0. The van der Waals surface area contributed by atoms with Crippen LogP contribution in [0.2, 0.25) is 0 Å². The first-order valence-electron chi connectivity index (χ1n) is 6.51. The van der Waals surface area contributed by atoms with Gasteiger partial charge in [0, 0.05) is 32.6 Å². The Bertz CT molecular complexity index is 332. The molecule has 0 spiro atoms. The minimum absolute atomic E-state index is 0.274. The van der Waals surface area contributed by atoms with E-state index in [1.807, 2.05) is 11.8 Å². The molecule has 0 aromatic carbocycles. The van der Waals surface area contributed by atoms with Crippen LogP contribution >= 0.6 is 0 Å². The SMILES string of the molecule is C#CCNC(=NCCCN1CCCC1=O)NCC. The molecule has 1 amide bonds. The maximum atomic E-state index is 11.4. The summed E-state index contributed by atoms with van der Waals surface area (Å²) in [4.78, 5) is 17.7. The average Bonchev–Trinajstić information content (AvgIpc) is 2.77. The number of aliphatic imine (C=N–C) groups is 1. The van der Waals surface area contributed by atoms with Gasteiger partial charge in [0.2, 0.25) is 5.91 Å². The number of rotatable bonds is 6. The molecule has 0 aromatic heterocycles. The van der Waals surface area contributed by atoms with Crippen LogP contribution in [0.1, 0.15) is 26.2 Å². The normalized spacial score (nSPS) is 15.7. The van der Waals surface area contributed by atoms with Crippen LogP contribution in [0.25, 0.3) is 0 Å². The number of hydrogen-bond acceptors (Lipinski definition) is 2. The summed E-state index contributed by atoms with van der Waals surface area (Å²) >= 11 is 0. The van der Waals surface area contributed by atoms with Crippen LogP contribution in [0.4, 0.5) is 0 Å². The van der Waals surface area contributed by atoms with Crippen LogP contribution < -0.4 is 10.6 Å². The Morgan fingerprint density at radius 3 is 3.00 bits per heavy atom. The Hall–Kier alpha value is -1.70. The van der Waals surface area contributed by atoms with Crippen LogP contribution in [0, 0.1) is 12.3 Å². The molecule has 0 radical (unpaired) electrons. The lowest BCUT2D eigenvalue weighted by molar-refractivity contribution is -0.127. The minimum atomic E-state index is 0.274. The number of guanidine groups is 1. The fraction of sp³-hybridized carbons (Fsp3) is 0.692. The molecule has 1 heterocycles. The topological polar surface area (TPSA) is 56.7 Å². The summed E-state index contributed by atoms with van der Waals surface area (Å²) < 4.78 is 0. The lowest BCUT2D eigenvalue weighted by Crippen LogP contribution is -2.37. The van der Waals surface area contributed by atoms with Gasteiger partial charge in [-0.25, -0.2) is 0 Å². The van der Waals surface area contributed by atoms with Gasteiger partial charge >= 0.3 is 0 Å². The van der Waals surface area contributed by atoms with Crippen molar-refractivity contribution in [2.24, 2.45) is 4.99 Å². The van der Waals surface area contributed by atoms with E-state index >= 15 is 0 Å². The van der Waals surface area contributed by atoms with Crippen LogP contribution in [0.15, 0.2) is 4.99 Å². The molecule has 100 valence electrons.